The molecule has 1 aromatic rings. The molecule has 0 aromatic heterocycles. The van der Waals surface area contributed by atoms with Gasteiger partial charge >= 0.3 is 5.97 Å². The van der Waals surface area contributed by atoms with Crippen molar-refractivity contribution in [3.8, 4) is 0 Å². The van der Waals surface area contributed by atoms with Gasteiger partial charge in [-0.05, 0) is 45.3 Å². The second-order valence-corrected chi connectivity index (χ2v) is 5.62. The number of methoxy groups -OCH3 is 1. The maximum absolute atomic E-state index is 11.3. The van der Waals surface area contributed by atoms with E-state index in [9.17, 15) is 4.79 Å². The molecule has 0 aliphatic heterocycles. The molecule has 0 spiro atoms. The van der Waals surface area contributed by atoms with Crippen LogP contribution in [-0.4, -0.2) is 32.1 Å². The standard InChI is InChI=1S/C17H23NO2.ClH/c1-18(2)17(15-7-5-4-6-8-15)11-9-14(10-12-17)13-16(19)20-3;/h4-8,13H,9-12H2,1-3H3;1H. The average molecular weight is 310 g/mol. The quantitative estimate of drug-likeness (QED) is 0.632. The summed E-state index contributed by atoms with van der Waals surface area (Å²) in [5, 5.41) is 0. The van der Waals surface area contributed by atoms with Gasteiger partial charge in [0.05, 0.1) is 7.11 Å². The summed E-state index contributed by atoms with van der Waals surface area (Å²) >= 11 is 0. The van der Waals surface area contributed by atoms with Crippen LogP contribution in [0.1, 0.15) is 31.2 Å². The van der Waals surface area contributed by atoms with Gasteiger partial charge in [-0.2, -0.15) is 0 Å². The van der Waals surface area contributed by atoms with Crippen molar-refractivity contribution in [3.05, 3.63) is 47.5 Å². The van der Waals surface area contributed by atoms with Crippen LogP contribution in [0.25, 0.3) is 0 Å². The smallest absolute Gasteiger partial charge is 0.330 e. The zero-order chi connectivity index (χ0) is 14.6. The van der Waals surface area contributed by atoms with Crippen molar-refractivity contribution in [2.75, 3.05) is 21.2 Å². The number of ether oxygens (including phenoxy) is 1. The monoisotopic (exact) mass is 309 g/mol. The molecule has 0 heterocycles. The van der Waals surface area contributed by atoms with Gasteiger partial charge in [0, 0.05) is 11.6 Å². The van der Waals surface area contributed by atoms with E-state index in [-0.39, 0.29) is 23.9 Å². The summed E-state index contributed by atoms with van der Waals surface area (Å²) in [7, 11) is 5.71. The van der Waals surface area contributed by atoms with Crippen molar-refractivity contribution in [2.24, 2.45) is 0 Å². The Labute approximate surface area is 133 Å². The lowest BCUT2D eigenvalue weighted by Crippen LogP contribution is -2.43. The van der Waals surface area contributed by atoms with Gasteiger partial charge in [-0.1, -0.05) is 35.9 Å². The highest BCUT2D eigenvalue weighted by Gasteiger charge is 2.37. The van der Waals surface area contributed by atoms with Crippen LogP contribution in [-0.2, 0) is 15.1 Å². The molecule has 1 aliphatic carbocycles. The normalized spacial score (nSPS) is 21.6. The van der Waals surface area contributed by atoms with Gasteiger partial charge in [0.25, 0.3) is 0 Å². The zero-order valence-corrected chi connectivity index (χ0v) is 13.8. The van der Waals surface area contributed by atoms with E-state index in [1.54, 1.807) is 6.08 Å². The lowest BCUT2D eigenvalue weighted by Gasteiger charge is -2.44. The molecule has 0 unspecified atom stereocenters. The molecule has 116 valence electrons. The van der Waals surface area contributed by atoms with Crippen LogP contribution in [0, 0.1) is 0 Å². The number of esters is 1. The van der Waals surface area contributed by atoms with E-state index in [0.717, 1.165) is 25.7 Å². The summed E-state index contributed by atoms with van der Waals surface area (Å²) in [5.74, 6) is -0.239. The number of hydrogen-bond acceptors (Lipinski definition) is 3. The van der Waals surface area contributed by atoms with Gasteiger partial charge in [-0.25, -0.2) is 4.79 Å². The van der Waals surface area contributed by atoms with E-state index >= 15 is 0 Å². The molecular formula is C17H24ClNO2. The first-order valence-electron chi connectivity index (χ1n) is 7.09. The summed E-state index contributed by atoms with van der Waals surface area (Å²) in [6, 6.07) is 10.7. The van der Waals surface area contributed by atoms with Crippen LogP contribution in [0.2, 0.25) is 0 Å². The number of carbonyl (C=O) groups excluding carboxylic acids is 1. The number of hydrogen-bond donors (Lipinski definition) is 0. The minimum Gasteiger partial charge on any atom is -0.466 e. The SMILES string of the molecule is COC(=O)C=C1CCC(c2ccccc2)(N(C)C)CC1.Cl. The fourth-order valence-electron chi connectivity index (χ4n) is 3.10. The Balaban J connectivity index is 0.00000220. The van der Waals surface area contributed by atoms with Crippen molar-refractivity contribution in [2.45, 2.75) is 31.2 Å². The van der Waals surface area contributed by atoms with E-state index in [1.165, 1.54) is 18.2 Å². The first kappa shape index (κ1) is 17.7. The molecule has 0 bridgehead atoms. The fraction of sp³-hybridized carbons (Fsp3) is 0.471. The van der Waals surface area contributed by atoms with Crippen molar-refractivity contribution < 1.29 is 9.53 Å². The molecule has 2 rings (SSSR count). The number of benzene rings is 1. The lowest BCUT2D eigenvalue weighted by molar-refractivity contribution is -0.134. The Hall–Kier alpha value is -1.32. The van der Waals surface area contributed by atoms with Crippen molar-refractivity contribution >= 4 is 18.4 Å². The summed E-state index contributed by atoms with van der Waals surface area (Å²) < 4.78 is 4.71. The van der Waals surface area contributed by atoms with E-state index < -0.39 is 0 Å². The number of nitrogens with zero attached hydrogens (tertiary/aromatic N) is 1. The van der Waals surface area contributed by atoms with Crippen LogP contribution in [0.5, 0.6) is 0 Å². The molecule has 1 saturated carbocycles. The third-order valence-electron chi connectivity index (χ3n) is 4.41. The van der Waals surface area contributed by atoms with E-state index in [4.69, 9.17) is 4.74 Å². The number of carbonyl (C=O) groups is 1. The Kier molecular flexibility index (Phi) is 6.43. The first-order chi connectivity index (χ1) is 9.58. The third-order valence-corrected chi connectivity index (χ3v) is 4.41. The second-order valence-electron chi connectivity index (χ2n) is 5.62. The van der Waals surface area contributed by atoms with E-state index in [1.807, 2.05) is 0 Å². The van der Waals surface area contributed by atoms with E-state index in [2.05, 4.69) is 49.3 Å². The third kappa shape index (κ3) is 3.86. The Bertz CT molecular complexity index is 487. The summed E-state index contributed by atoms with van der Waals surface area (Å²) in [6.45, 7) is 0. The van der Waals surface area contributed by atoms with Crippen molar-refractivity contribution in [1.82, 2.24) is 4.90 Å². The minimum absolute atomic E-state index is 0. The average Bonchev–Trinajstić information content (AvgIpc) is 2.48. The van der Waals surface area contributed by atoms with Gasteiger partial charge in [0.1, 0.15) is 0 Å². The molecule has 1 aromatic carbocycles. The molecule has 0 radical (unpaired) electrons. The highest BCUT2D eigenvalue weighted by atomic mass is 35.5. The molecule has 21 heavy (non-hydrogen) atoms. The number of halogens is 1. The lowest BCUT2D eigenvalue weighted by atomic mass is 9.74. The summed E-state index contributed by atoms with van der Waals surface area (Å²) in [5.41, 5.74) is 2.64. The van der Waals surface area contributed by atoms with E-state index in [0.29, 0.717) is 0 Å². The maximum atomic E-state index is 11.3. The van der Waals surface area contributed by atoms with Crippen molar-refractivity contribution in [1.29, 1.82) is 0 Å². The predicted octanol–water partition coefficient (Wildman–Crippen LogP) is 3.54. The molecule has 3 nitrogen and oxygen atoms in total. The molecule has 0 amide bonds. The summed E-state index contributed by atoms with van der Waals surface area (Å²) in [4.78, 5) is 13.7. The van der Waals surface area contributed by atoms with Gasteiger partial charge in [0.15, 0.2) is 0 Å². The van der Waals surface area contributed by atoms with Crippen LogP contribution < -0.4 is 0 Å². The van der Waals surface area contributed by atoms with Crippen molar-refractivity contribution in [3.63, 3.8) is 0 Å². The summed E-state index contributed by atoms with van der Waals surface area (Å²) in [6.07, 6.45) is 5.62. The molecule has 0 N–H and O–H groups in total. The Morgan fingerprint density at radius 3 is 2.24 bits per heavy atom. The zero-order valence-electron chi connectivity index (χ0n) is 13.0. The van der Waals surface area contributed by atoms with Crippen LogP contribution >= 0.6 is 12.4 Å². The molecular weight excluding hydrogens is 286 g/mol. The molecule has 0 saturated heterocycles. The largest absolute Gasteiger partial charge is 0.466 e. The highest BCUT2D eigenvalue weighted by Crippen LogP contribution is 2.42. The second kappa shape index (κ2) is 7.62. The van der Waals surface area contributed by atoms with Gasteiger partial charge in [-0.3, -0.25) is 4.90 Å². The molecule has 4 heteroatoms. The number of rotatable bonds is 3. The Morgan fingerprint density at radius 1 is 1.19 bits per heavy atom. The minimum atomic E-state index is -0.239. The maximum Gasteiger partial charge on any atom is 0.330 e. The molecule has 0 atom stereocenters. The van der Waals surface area contributed by atoms with Crippen LogP contribution in [0.4, 0.5) is 0 Å². The first-order valence-corrected chi connectivity index (χ1v) is 7.09. The van der Waals surface area contributed by atoms with Gasteiger partial charge < -0.3 is 4.74 Å². The predicted molar refractivity (Wildman–Crippen MR) is 87.6 cm³/mol. The number of allylic oxidation sites excluding steroid dienone is 1. The van der Waals surface area contributed by atoms with Gasteiger partial charge in [0.2, 0.25) is 0 Å². The molecule has 1 fully saturated rings. The highest BCUT2D eigenvalue weighted by molar-refractivity contribution is 5.85. The Morgan fingerprint density at radius 2 is 1.76 bits per heavy atom. The topological polar surface area (TPSA) is 29.5 Å². The van der Waals surface area contributed by atoms with Crippen LogP contribution in [0.15, 0.2) is 42.0 Å². The van der Waals surface area contributed by atoms with Crippen LogP contribution in [0.3, 0.4) is 0 Å². The van der Waals surface area contributed by atoms with Gasteiger partial charge in [-0.15, -0.1) is 12.4 Å². The fourth-order valence-corrected chi connectivity index (χ4v) is 3.10. The molecule has 1 aliphatic rings.